The van der Waals surface area contributed by atoms with Crippen molar-refractivity contribution in [3.8, 4) is 0 Å². The van der Waals surface area contributed by atoms with E-state index in [9.17, 15) is 9.59 Å². The van der Waals surface area contributed by atoms with Crippen LogP contribution >= 0.6 is 15.9 Å². The zero-order valence-corrected chi connectivity index (χ0v) is 21.9. The van der Waals surface area contributed by atoms with Gasteiger partial charge in [-0.1, -0.05) is 12.1 Å². The Morgan fingerprint density at radius 2 is 1.76 bits per heavy atom. The summed E-state index contributed by atoms with van der Waals surface area (Å²) in [6.07, 6.45) is 7.15. The zero-order chi connectivity index (χ0) is 25.5. The van der Waals surface area contributed by atoms with Crippen LogP contribution in [0.15, 0.2) is 77.9 Å². The summed E-state index contributed by atoms with van der Waals surface area (Å²) in [7, 11) is 1.86. The van der Waals surface area contributed by atoms with Crippen LogP contribution in [0.4, 0.5) is 5.69 Å². The number of halogens is 1. The van der Waals surface area contributed by atoms with Crippen molar-refractivity contribution in [2.75, 3.05) is 18.4 Å². The number of hydrogen-bond donors (Lipinski definition) is 1. The maximum absolute atomic E-state index is 13.0. The Hall–Kier alpha value is -3.98. The van der Waals surface area contributed by atoms with Gasteiger partial charge in [0.25, 0.3) is 11.8 Å². The second-order valence-electron chi connectivity index (χ2n) is 9.43. The van der Waals surface area contributed by atoms with Gasteiger partial charge in [0.15, 0.2) is 0 Å². The lowest BCUT2D eigenvalue weighted by molar-refractivity contribution is 0.0712. The van der Waals surface area contributed by atoms with E-state index in [-0.39, 0.29) is 11.8 Å². The van der Waals surface area contributed by atoms with Gasteiger partial charge in [-0.05, 0) is 82.7 Å². The molecular weight excluding hydrogens is 532 g/mol. The number of nitrogens with zero attached hydrogens (tertiary/aromatic N) is 5. The molecule has 0 radical (unpaired) electrons. The van der Waals surface area contributed by atoms with Gasteiger partial charge >= 0.3 is 0 Å². The quantitative estimate of drug-likeness (QED) is 0.327. The lowest BCUT2D eigenvalue weighted by Crippen LogP contribution is -2.38. The Morgan fingerprint density at radius 3 is 2.54 bits per heavy atom. The second kappa shape index (κ2) is 9.48. The number of rotatable bonds is 4. The third-order valence-corrected chi connectivity index (χ3v) is 7.73. The zero-order valence-electron chi connectivity index (χ0n) is 20.3. The first-order valence-electron chi connectivity index (χ1n) is 12.2. The van der Waals surface area contributed by atoms with Gasteiger partial charge in [-0.3, -0.25) is 14.3 Å². The van der Waals surface area contributed by atoms with Gasteiger partial charge < -0.3 is 14.6 Å². The summed E-state index contributed by atoms with van der Waals surface area (Å²) in [6, 6.07) is 17.4. The van der Waals surface area contributed by atoms with Crippen molar-refractivity contribution in [1.29, 1.82) is 0 Å². The Labute approximate surface area is 222 Å². The van der Waals surface area contributed by atoms with Crippen LogP contribution in [0.2, 0.25) is 0 Å². The van der Waals surface area contributed by atoms with Gasteiger partial charge in [0.1, 0.15) is 4.60 Å². The summed E-state index contributed by atoms with van der Waals surface area (Å²) in [5, 5.41) is 8.30. The fourth-order valence-electron chi connectivity index (χ4n) is 5.04. The lowest BCUT2D eigenvalue weighted by atomic mass is 9.89. The lowest BCUT2D eigenvalue weighted by Gasteiger charge is -2.32. The van der Waals surface area contributed by atoms with Gasteiger partial charge in [-0.2, -0.15) is 5.10 Å². The van der Waals surface area contributed by atoms with E-state index in [0.717, 1.165) is 52.6 Å². The molecular formula is C28H25BrN6O2. The van der Waals surface area contributed by atoms with Crippen LogP contribution in [-0.4, -0.2) is 49.0 Å². The van der Waals surface area contributed by atoms with Crippen LogP contribution in [0, 0.1) is 0 Å². The largest absolute Gasteiger partial charge is 0.339 e. The van der Waals surface area contributed by atoms with Crippen LogP contribution in [0.1, 0.15) is 45.0 Å². The number of amides is 2. The number of piperidine rings is 1. The van der Waals surface area contributed by atoms with Crippen LogP contribution in [-0.2, 0) is 7.05 Å². The fourth-order valence-corrected chi connectivity index (χ4v) is 5.61. The first-order valence-corrected chi connectivity index (χ1v) is 13.0. The van der Waals surface area contributed by atoms with Crippen molar-refractivity contribution in [2.24, 2.45) is 7.05 Å². The molecule has 1 N–H and O–H groups in total. The van der Waals surface area contributed by atoms with Crippen molar-refractivity contribution in [2.45, 2.75) is 18.8 Å². The van der Waals surface area contributed by atoms with Crippen LogP contribution in [0.5, 0.6) is 0 Å². The molecule has 1 saturated heterocycles. The number of pyridine rings is 1. The van der Waals surface area contributed by atoms with Crippen LogP contribution in [0.3, 0.4) is 0 Å². The summed E-state index contributed by atoms with van der Waals surface area (Å²) < 4.78 is 4.39. The highest BCUT2D eigenvalue weighted by Crippen LogP contribution is 2.30. The van der Waals surface area contributed by atoms with E-state index in [4.69, 9.17) is 0 Å². The molecule has 5 aromatic rings. The number of carbonyl (C=O) groups excluding carboxylic acids is 2. The van der Waals surface area contributed by atoms with E-state index in [1.807, 2.05) is 58.9 Å². The van der Waals surface area contributed by atoms with Crippen molar-refractivity contribution in [1.82, 2.24) is 24.1 Å². The molecule has 0 bridgehead atoms. The minimum atomic E-state index is -0.160. The van der Waals surface area contributed by atoms with Crippen molar-refractivity contribution >= 4 is 49.9 Å². The molecule has 0 atom stereocenters. The van der Waals surface area contributed by atoms with E-state index in [0.29, 0.717) is 17.0 Å². The molecule has 9 heteroatoms. The Kier molecular flexibility index (Phi) is 6.00. The monoisotopic (exact) mass is 556 g/mol. The molecule has 0 unspecified atom stereocenters. The SMILES string of the molecule is Cn1nc(Br)c2ccc(C(=O)Nc3ccc(C4CCN(C(=O)c5ccc6cncn6c5)CC4)cc3)cc21. The van der Waals surface area contributed by atoms with Gasteiger partial charge in [-0.15, -0.1) is 0 Å². The van der Waals surface area contributed by atoms with E-state index in [1.54, 1.807) is 23.3 Å². The summed E-state index contributed by atoms with van der Waals surface area (Å²) in [6.45, 7) is 1.44. The minimum Gasteiger partial charge on any atom is -0.339 e. The molecule has 186 valence electrons. The van der Waals surface area contributed by atoms with E-state index in [2.05, 4.69) is 43.5 Å². The number of anilines is 1. The number of hydrogen-bond acceptors (Lipinski definition) is 4. The Balaban J connectivity index is 1.07. The van der Waals surface area contributed by atoms with Gasteiger partial charge in [-0.25, -0.2) is 4.98 Å². The molecule has 37 heavy (non-hydrogen) atoms. The highest BCUT2D eigenvalue weighted by Gasteiger charge is 2.25. The van der Waals surface area contributed by atoms with E-state index in [1.165, 1.54) is 5.56 Å². The summed E-state index contributed by atoms with van der Waals surface area (Å²) in [5.74, 6) is 0.284. The molecule has 8 nitrogen and oxygen atoms in total. The molecule has 2 amide bonds. The number of fused-ring (bicyclic) bond motifs is 2. The molecule has 6 rings (SSSR count). The van der Waals surface area contributed by atoms with Crippen molar-refractivity contribution in [3.63, 3.8) is 0 Å². The van der Waals surface area contributed by atoms with Crippen molar-refractivity contribution < 1.29 is 9.59 Å². The summed E-state index contributed by atoms with van der Waals surface area (Å²) in [4.78, 5) is 31.9. The molecule has 4 heterocycles. The standard InChI is InChI=1S/C28H25BrN6O2/c1-33-25-14-20(5-9-24(25)26(29)32-33)27(36)31-22-6-2-18(3-7-22)19-10-12-34(13-11-19)28(37)21-4-8-23-15-30-17-35(23)16-21/h2-9,14-17,19H,10-13H2,1H3,(H,31,36). The molecule has 3 aromatic heterocycles. The van der Waals surface area contributed by atoms with Crippen LogP contribution in [0.25, 0.3) is 16.4 Å². The van der Waals surface area contributed by atoms with Gasteiger partial charge in [0.2, 0.25) is 0 Å². The highest BCUT2D eigenvalue weighted by molar-refractivity contribution is 9.10. The molecule has 0 spiro atoms. The number of benzene rings is 2. The summed E-state index contributed by atoms with van der Waals surface area (Å²) >= 11 is 3.45. The van der Waals surface area contributed by atoms with Crippen LogP contribution < -0.4 is 5.32 Å². The molecule has 1 fully saturated rings. The third-order valence-electron chi connectivity index (χ3n) is 7.15. The van der Waals surface area contributed by atoms with E-state index < -0.39 is 0 Å². The minimum absolute atomic E-state index is 0.0591. The maximum atomic E-state index is 13.0. The second-order valence-corrected chi connectivity index (χ2v) is 10.2. The molecule has 1 aliphatic heterocycles. The highest BCUT2D eigenvalue weighted by atomic mass is 79.9. The first-order chi connectivity index (χ1) is 18.0. The topological polar surface area (TPSA) is 84.5 Å². The number of imidazole rings is 1. The van der Waals surface area contributed by atoms with Crippen molar-refractivity contribution in [3.05, 3.63) is 94.6 Å². The maximum Gasteiger partial charge on any atom is 0.255 e. The number of carbonyl (C=O) groups is 2. The van der Waals surface area contributed by atoms with Gasteiger partial charge in [0.05, 0.1) is 29.1 Å². The Bertz CT molecular complexity index is 1630. The summed E-state index contributed by atoms with van der Waals surface area (Å²) in [5.41, 5.74) is 5.10. The third kappa shape index (κ3) is 4.51. The number of aromatic nitrogens is 4. The smallest absolute Gasteiger partial charge is 0.255 e. The average Bonchev–Trinajstić information content (AvgIpc) is 3.51. The Morgan fingerprint density at radius 1 is 1.00 bits per heavy atom. The fraction of sp³-hybridized carbons (Fsp3) is 0.214. The molecule has 2 aromatic carbocycles. The van der Waals surface area contributed by atoms with E-state index >= 15 is 0 Å². The average molecular weight is 557 g/mol. The molecule has 0 aliphatic carbocycles. The van der Waals surface area contributed by atoms with Gasteiger partial charge in [0, 0.05) is 43.0 Å². The first kappa shape index (κ1) is 23.4. The predicted molar refractivity (Wildman–Crippen MR) is 146 cm³/mol. The number of nitrogens with one attached hydrogen (secondary N) is 1. The molecule has 0 saturated carbocycles. The normalized spacial score (nSPS) is 14.4. The number of aryl methyl sites for hydroxylation is 1. The number of likely N-dealkylation sites (tertiary alicyclic amines) is 1. The predicted octanol–water partition coefficient (Wildman–Crippen LogP) is 5.26. The molecule has 1 aliphatic rings.